The van der Waals surface area contributed by atoms with Crippen LogP contribution in [0.3, 0.4) is 0 Å². The largest absolute Gasteiger partial charge is 0.415 e. The molecule has 140 valence electrons. The Kier molecular flexibility index (Phi) is 6.93. The molecule has 1 aliphatic heterocycles. The monoisotopic (exact) mass is 396 g/mol. The fraction of sp³-hybridized carbons (Fsp3) is 0.471. The van der Waals surface area contributed by atoms with Crippen LogP contribution in [-0.4, -0.2) is 64.1 Å². The molecule has 0 bridgehead atoms. The lowest BCUT2D eigenvalue weighted by molar-refractivity contribution is -0.130. The van der Waals surface area contributed by atoms with Gasteiger partial charge in [0.15, 0.2) is 0 Å². The molecule has 1 aromatic carbocycles. The van der Waals surface area contributed by atoms with Gasteiger partial charge in [0.1, 0.15) is 5.82 Å². The van der Waals surface area contributed by atoms with E-state index in [0.717, 1.165) is 13.1 Å². The molecule has 0 N–H and O–H groups in total. The molecule has 1 saturated heterocycles. The van der Waals surface area contributed by atoms with Crippen molar-refractivity contribution < 1.29 is 13.6 Å². The van der Waals surface area contributed by atoms with Crippen molar-refractivity contribution in [2.45, 2.75) is 17.5 Å². The highest BCUT2D eigenvalue weighted by Gasteiger charge is 2.22. The molecule has 2 heterocycles. The van der Waals surface area contributed by atoms with Gasteiger partial charge in [-0.2, -0.15) is 11.8 Å². The van der Waals surface area contributed by atoms with Gasteiger partial charge in [0, 0.05) is 38.3 Å². The lowest BCUT2D eigenvalue weighted by atomic mass is 10.2. The predicted octanol–water partition coefficient (Wildman–Crippen LogP) is 2.51. The van der Waals surface area contributed by atoms with Gasteiger partial charge in [-0.1, -0.05) is 30.0 Å². The van der Waals surface area contributed by atoms with Gasteiger partial charge in [-0.05, 0) is 12.3 Å². The molecule has 0 unspecified atom stereocenters. The smallest absolute Gasteiger partial charge is 0.277 e. The van der Waals surface area contributed by atoms with Crippen molar-refractivity contribution in [3.05, 3.63) is 41.5 Å². The number of benzene rings is 1. The number of piperazine rings is 1. The van der Waals surface area contributed by atoms with Gasteiger partial charge < -0.3 is 9.32 Å². The number of aromatic nitrogens is 2. The first kappa shape index (κ1) is 19.2. The average Bonchev–Trinajstić information content (AvgIpc) is 3.10. The number of nitrogens with zero attached hydrogens (tertiary/aromatic N) is 4. The van der Waals surface area contributed by atoms with E-state index >= 15 is 0 Å². The summed E-state index contributed by atoms with van der Waals surface area (Å²) in [4.78, 5) is 16.4. The Balaban J connectivity index is 1.42. The van der Waals surface area contributed by atoms with Crippen LogP contribution in [0.15, 0.2) is 33.9 Å². The Morgan fingerprint density at radius 2 is 2.00 bits per heavy atom. The fourth-order valence-corrected chi connectivity index (χ4v) is 3.76. The summed E-state index contributed by atoms with van der Waals surface area (Å²) in [5, 5.41) is 8.30. The van der Waals surface area contributed by atoms with Crippen LogP contribution >= 0.6 is 23.5 Å². The Hall–Kier alpha value is -1.58. The molecule has 2 aromatic rings. The minimum atomic E-state index is -0.178. The topological polar surface area (TPSA) is 62.5 Å². The molecule has 3 rings (SSSR count). The van der Waals surface area contributed by atoms with E-state index in [9.17, 15) is 9.18 Å². The maximum absolute atomic E-state index is 13.7. The number of hydrogen-bond acceptors (Lipinski definition) is 7. The quantitative estimate of drug-likeness (QED) is 0.667. The SMILES string of the molecule is CSCc1nnc(SCC(=O)N2CCN(Cc3ccccc3F)CC2)o1. The molecule has 0 saturated carbocycles. The van der Waals surface area contributed by atoms with Crippen molar-refractivity contribution in [3.8, 4) is 0 Å². The van der Waals surface area contributed by atoms with E-state index < -0.39 is 0 Å². The van der Waals surface area contributed by atoms with E-state index in [1.807, 2.05) is 17.2 Å². The predicted molar refractivity (Wildman–Crippen MR) is 100 cm³/mol. The second kappa shape index (κ2) is 9.38. The number of thioether (sulfide) groups is 2. The van der Waals surface area contributed by atoms with Crippen LogP contribution in [0.1, 0.15) is 11.5 Å². The number of hydrogen-bond donors (Lipinski definition) is 0. The Morgan fingerprint density at radius 1 is 1.23 bits per heavy atom. The zero-order valence-corrected chi connectivity index (χ0v) is 16.2. The van der Waals surface area contributed by atoms with Crippen molar-refractivity contribution in [2.75, 3.05) is 38.2 Å². The first-order valence-electron chi connectivity index (χ1n) is 8.33. The van der Waals surface area contributed by atoms with Gasteiger partial charge in [-0.15, -0.1) is 10.2 Å². The number of rotatable bonds is 7. The summed E-state index contributed by atoms with van der Waals surface area (Å²) in [6.45, 7) is 3.35. The van der Waals surface area contributed by atoms with Crippen LogP contribution in [0, 0.1) is 5.82 Å². The zero-order valence-electron chi connectivity index (χ0n) is 14.6. The van der Waals surface area contributed by atoms with E-state index in [0.29, 0.717) is 42.1 Å². The number of halogens is 1. The van der Waals surface area contributed by atoms with Gasteiger partial charge in [0.25, 0.3) is 5.22 Å². The van der Waals surface area contributed by atoms with Crippen molar-refractivity contribution in [1.82, 2.24) is 20.0 Å². The van der Waals surface area contributed by atoms with Crippen molar-refractivity contribution in [3.63, 3.8) is 0 Å². The Labute approximate surface area is 160 Å². The molecular weight excluding hydrogens is 375 g/mol. The molecule has 0 radical (unpaired) electrons. The van der Waals surface area contributed by atoms with Crippen molar-refractivity contribution >= 4 is 29.4 Å². The summed E-state index contributed by atoms with van der Waals surface area (Å²) in [7, 11) is 0. The van der Waals surface area contributed by atoms with Crippen LogP contribution in [0.2, 0.25) is 0 Å². The van der Waals surface area contributed by atoms with Crippen molar-refractivity contribution in [1.29, 1.82) is 0 Å². The molecule has 6 nitrogen and oxygen atoms in total. The van der Waals surface area contributed by atoms with E-state index in [4.69, 9.17) is 4.42 Å². The van der Waals surface area contributed by atoms with E-state index in [2.05, 4.69) is 15.1 Å². The van der Waals surface area contributed by atoms with Crippen LogP contribution in [0.25, 0.3) is 0 Å². The Morgan fingerprint density at radius 3 is 2.73 bits per heavy atom. The second-order valence-corrected chi connectivity index (χ2v) is 7.72. The lowest BCUT2D eigenvalue weighted by Crippen LogP contribution is -2.48. The second-order valence-electron chi connectivity index (χ2n) is 5.93. The minimum Gasteiger partial charge on any atom is -0.415 e. The van der Waals surface area contributed by atoms with E-state index in [-0.39, 0.29) is 17.5 Å². The van der Waals surface area contributed by atoms with E-state index in [1.165, 1.54) is 17.8 Å². The molecule has 0 aliphatic carbocycles. The summed E-state index contributed by atoms with van der Waals surface area (Å²) in [5.41, 5.74) is 0.695. The Bertz CT molecular complexity index is 735. The fourth-order valence-electron chi connectivity index (χ4n) is 2.72. The van der Waals surface area contributed by atoms with Crippen molar-refractivity contribution in [2.24, 2.45) is 0 Å². The maximum atomic E-state index is 13.7. The first-order chi connectivity index (χ1) is 12.7. The van der Waals surface area contributed by atoms with Gasteiger partial charge in [-0.3, -0.25) is 9.69 Å². The van der Waals surface area contributed by atoms with Gasteiger partial charge in [-0.25, -0.2) is 4.39 Å². The lowest BCUT2D eigenvalue weighted by Gasteiger charge is -2.34. The third kappa shape index (κ3) is 5.21. The molecule has 0 spiro atoms. The van der Waals surface area contributed by atoms with Crippen LogP contribution in [0.5, 0.6) is 0 Å². The standard InChI is InChI=1S/C17H21FN4O2S2/c1-25-11-15-19-20-17(24-15)26-12-16(23)22-8-6-21(7-9-22)10-13-4-2-3-5-14(13)18/h2-5H,6-12H2,1H3. The summed E-state index contributed by atoms with van der Waals surface area (Å²) in [6.07, 6.45) is 1.96. The molecule has 0 atom stereocenters. The summed E-state index contributed by atoms with van der Waals surface area (Å²) in [6, 6.07) is 6.83. The molecule has 1 amide bonds. The highest BCUT2D eigenvalue weighted by Crippen LogP contribution is 2.19. The maximum Gasteiger partial charge on any atom is 0.277 e. The molecule has 26 heavy (non-hydrogen) atoms. The molecular formula is C17H21FN4O2S2. The van der Waals surface area contributed by atoms with Crippen LogP contribution in [0.4, 0.5) is 4.39 Å². The van der Waals surface area contributed by atoms with Gasteiger partial charge in [0.2, 0.25) is 11.8 Å². The third-order valence-electron chi connectivity index (χ3n) is 4.11. The number of carbonyl (C=O) groups is 1. The first-order valence-corrected chi connectivity index (χ1v) is 10.7. The summed E-state index contributed by atoms with van der Waals surface area (Å²) < 4.78 is 19.2. The molecule has 1 fully saturated rings. The summed E-state index contributed by atoms with van der Waals surface area (Å²) >= 11 is 2.88. The van der Waals surface area contributed by atoms with Gasteiger partial charge >= 0.3 is 0 Å². The molecule has 9 heteroatoms. The highest BCUT2D eigenvalue weighted by atomic mass is 32.2. The number of amides is 1. The zero-order chi connectivity index (χ0) is 18.4. The van der Waals surface area contributed by atoms with Crippen LogP contribution in [-0.2, 0) is 17.1 Å². The molecule has 1 aliphatic rings. The minimum absolute atomic E-state index is 0.0603. The van der Waals surface area contributed by atoms with Crippen LogP contribution < -0.4 is 0 Å². The highest BCUT2D eigenvalue weighted by molar-refractivity contribution is 7.99. The van der Waals surface area contributed by atoms with Gasteiger partial charge in [0.05, 0.1) is 11.5 Å². The third-order valence-corrected chi connectivity index (χ3v) is 5.45. The van der Waals surface area contributed by atoms with E-state index in [1.54, 1.807) is 23.9 Å². The number of carbonyl (C=O) groups excluding carboxylic acids is 1. The normalized spacial score (nSPS) is 15.4. The molecule has 1 aromatic heterocycles. The average molecular weight is 397 g/mol. The summed E-state index contributed by atoms with van der Waals surface area (Å²) in [5.74, 6) is 1.42.